The van der Waals surface area contributed by atoms with Crippen LogP contribution < -0.4 is 0 Å². The van der Waals surface area contributed by atoms with Gasteiger partial charge >= 0.3 is 0 Å². The van der Waals surface area contributed by atoms with Gasteiger partial charge in [0.25, 0.3) is 0 Å². The van der Waals surface area contributed by atoms with Gasteiger partial charge in [-0.05, 0) is 65.0 Å². The lowest BCUT2D eigenvalue weighted by Crippen LogP contribution is -2.00. The summed E-state index contributed by atoms with van der Waals surface area (Å²) in [6.07, 6.45) is 0. The summed E-state index contributed by atoms with van der Waals surface area (Å²) in [4.78, 5) is 14.9. The second kappa shape index (κ2) is 12.8. The second-order valence-corrected chi connectivity index (χ2v) is 14.9. The summed E-state index contributed by atoms with van der Waals surface area (Å²) in [5.41, 5.74) is 12.1. The van der Waals surface area contributed by atoms with Crippen molar-refractivity contribution in [3.8, 4) is 51.0 Å². The standard InChI is InChI=1S/C53H33N5/c1-3-15-34(16-4-1)51-54-52(35-17-5-2-6-18-35)56-53(55-51)38-21-13-19-36(29-38)37-20-14-22-40(30-37)57-46-27-11-10-26-44(46)45-31-39-32-49-43-25-8-7-23-41(43)42-24-9-12-28-47(42)58(49)48(39)33-50(45)57/h1-33H. The lowest BCUT2D eigenvalue weighted by molar-refractivity contribution is 1.07. The molecule has 0 bridgehead atoms. The normalized spacial score (nSPS) is 11.8. The molecule has 0 unspecified atom stereocenters. The molecule has 0 N–H and O–H groups in total. The monoisotopic (exact) mass is 739 g/mol. The SMILES string of the molecule is c1ccc(-c2nc(-c3ccccc3)nc(-c3cccc(-c4cccc(-n5c6ccccc6c6cc7cc8c9ccccc9c9ccccc9n8c7cc65)c4)c3)n2)cc1. The number of hydrogen-bond acceptors (Lipinski definition) is 3. The molecule has 8 aromatic carbocycles. The molecule has 0 aliphatic carbocycles. The second-order valence-electron chi connectivity index (χ2n) is 14.9. The number of rotatable bonds is 5. The first kappa shape index (κ1) is 32.4. The smallest absolute Gasteiger partial charge is 0.164 e. The van der Waals surface area contributed by atoms with Gasteiger partial charge in [-0.2, -0.15) is 0 Å². The number of pyridine rings is 1. The van der Waals surface area contributed by atoms with Crippen LogP contribution in [0.5, 0.6) is 0 Å². The average molecular weight is 740 g/mol. The van der Waals surface area contributed by atoms with Gasteiger partial charge < -0.3 is 8.97 Å². The number of benzene rings is 8. The van der Waals surface area contributed by atoms with Crippen molar-refractivity contribution in [1.29, 1.82) is 0 Å². The van der Waals surface area contributed by atoms with Crippen LogP contribution in [0.1, 0.15) is 0 Å². The number of hydrogen-bond donors (Lipinski definition) is 0. The Morgan fingerprint density at radius 1 is 0.276 bits per heavy atom. The summed E-state index contributed by atoms with van der Waals surface area (Å²) in [5.74, 6) is 1.93. The molecule has 0 saturated heterocycles. The van der Waals surface area contributed by atoms with Crippen LogP contribution in [0.3, 0.4) is 0 Å². The molecule has 0 radical (unpaired) electrons. The van der Waals surface area contributed by atoms with E-state index in [1.807, 2.05) is 60.7 Å². The van der Waals surface area contributed by atoms with E-state index in [1.165, 1.54) is 59.9 Å². The van der Waals surface area contributed by atoms with Crippen LogP contribution in [0.25, 0.3) is 111 Å². The van der Waals surface area contributed by atoms with Gasteiger partial charge in [0.1, 0.15) is 0 Å². The molecule has 5 nitrogen and oxygen atoms in total. The molecule has 5 heteroatoms. The Morgan fingerprint density at radius 3 is 1.47 bits per heavy atom. The highest BCUT2D eigenvalue weighted by Crippen LogP contribution is 2.40. The van der Waals surface area contributed by atoms with Gasteiger partial charge in [-0.3, -0.25) is 0 Å². The van der Waals surface area contributed by atoms with E-state index in [2.05, 4.69) is 148 Å². The maximum absolute atomic E-state index is 5.01. The van der Waals surface area contributed by atoms with Crippen molar-refractivity contribution in [2.75, 3.05) is 0 Å². The zero-order valence-electron chi connectivity index (χ0n) is 31.3. The van der Waals surface area contributed by atoms with Crippen LogP contribution in [0.4, 0.5) is 0 Å². The molecule has 12 rings (SSSR count). The minimum absolute atomic E-state index is 0.636. The zero-order valence-corrected chi connectivity index (χ0v) is 31.3. The third-order valence-corrected chi connectivity index (χ3v) is 11.5. The van der Waals surface area contributed by atoms with E-state index < -0.39 is 0 Å². The van der Waals surface area contributed by atoms with Gasteiger partial charge in [0.15, 0.2) is 17.5 Å². The molecule has 0 atom stereocenters. The number of para-hydroxylation sites is 2. The fourth-order valence-electron chi connectivity index (χ4n) is 8.85. The predicted molar refractivity (Wildman–Crippen MR) is 239 cm³/mol. The summed E-state index contributed by atoms with van der Waals surface area (Å²) in [6, 6.07) is 71.0. The minimum atomic E-state index is 0.636. The maximum Gasteiger partial charge on any atom is 0.164 e. The molecular weight excluding hydrogens is 707 g/mol. The summed E-state index contributed by atoms with van der Waals surface area (Å²) >= 11 is 0. The fraction of sp³-hybridized carbons (Fsp3) is 0. The molecule has 0 aliphatic heterocycles. The summed E-state index contributed by atoms with van der Waals surface area (Å²) in [7, 11) is 0. The Balaban J connectivity index is 1.03. The molecule has 4 heterocycles. The van der Waals surface area contributed by atoms with E-state index in [1.54, 1.807) is 0 Å². The van der Waals surface area contributed by atoms with Gasteiger partial charge in [0, 0.05) is 49.3 Å². The Labute approximate surface area is 333 Å². The van der Waals surface area contributed by atoms with Gasteiger partial charge in [-0.1, -0.05) is 152 Å². The summed E-state index contributed by atoms with van der Waals surface area (Å²) in [5, 5.41) is 7.48. The first-order chi connectivity index (χ1) is 28.7. The Bertz CT molecular complexity index is 3510. The largest absolute Gasteiger partial charge is 0.309 e. The number of aromatic nitrogens is 5. The lowest BCUT2D eigenvalue weighted by Gasteiger charge is -2.12. The van der Waals surface area contributed by atoms with Gasteiger partial charge in [-0.15, -0.1) is 0 Å². The van der Waals surface area contributed by atoms with Crippen LogP contribution in [0.2, 0.25) is 0 Å². The number of fused-ring (bicyclic) bond motifs is 11. The van der Waals surface area contributed by atoms with E-state index in [9.17, 15) is 0 Å². The van der Waals surface area contributed by atoms with Crippen molar-refractivity contribution in [3.05, 3.63) is 200 Å². The molecule has 4 aromatic heterocycles. The van der Waals surface area contributed by atoms with Crippen molar-refractivity contribution in [3.63, 3.8) is 0 Å². The van der Waals surface area contributed by atoms with Crippen molar-refractivity contribution in [1.82, 2.24) is 23.9 Å². The lowest BCUT2D eigenvalue weighted by atomic mass is 10.0. The van der Waals surface area contributed by atoms with Crippen LogP contribution in [0.15, 0.2) is 200 Å². The molecule has 270 valence electrons. The Hall–Kier alpha value is -7.89. The minimum Gasteiger partial charge on any atom is -0.309 e. The highest BCUT2D eigenvalue weighted by Gasteiger charge is 2.18. The maximum atomic E-state index is 5.01. The highest BCUT2D eigenvalue weighted by atomic mass is 15.0. The van der Waals surface area contributed by atoms with Crippen LogP contribution in [0, 0.1) is 0 Å². The topological polar surface area (TPSA) is 48.0 Å². The Kier molecular flexibility index (Phi) is 7.16. The molecule has 0 saturated carbocycles. The van der Waals surface area contributed by atoms with E-state index >= 15 is 0 Å². The van der Waals surface area contributed by atoms with Crippen LogP contribution >= 0.6 is 0 Å². The molecule has 12 aromatic rings. The van der Waals surface area contributed by atoms with E-state index in [4.69, 9.17) is 15.0 Å². The Morgan fingerprint density at radius 2 is 0.776 bits per heavy atom. The van der Waals surface area contributed by atoms with E-state index in [-0.39, 0.29) is 0 Å². The third-order valence-electron chi connectivity index (χ3n) is 11.5. The van der Waals surface area contributed by atoms with Crippen molar-refractivity contribution >= 4 is 59.9 Å². The van der Waals surface area contributed by atoms with Crippen molar-refractivity contribution in [2.45, 2.75) is 0 Å². The summed E-state index contributed by atoms with van der Waals surface area (Å²) in [6.45, 7) is 0. The zero-order chi connectivity index (χ0) is 38.2. The van der Waals surface area contributed by atoms with Gasteiger partial charge in [0.2, 0.25) is 0 Å². The molecule has 58 heavy (non-hydrogen) atoms. The van der Waals surface area contributed by atoms with E-state index in [0.29, 0.717) is 17.5 Å². The fourth-order valence-corrected chi connectivity index (χ4v) is 8.85. The van der Waals surface area contributed by atoms with Crippen molar-refractivity contribution < 1.29 is 0 Å². The molecule has 0 amide bonds. The summed E-state index contributed by atoms with van der Waals surface area (Å²) < 4.78 is 4.87. The van der Waals surface area contributed by atoms with E-state index in [0.717, 1.165) is 33.5 Å². The third kappa shape index (κ3) is 5.07. The van der Waals surface area contributed by atoms with Gasteiger partial charge in [-0.25, -0.2) is 15.0 Å². The van der Waals surface area contributed by atoms with Gasteiger partial charge in [0.05, 0.1) is 27.6 Å². The first-order valence-electron chi connectivity index (χ1n) is 19.6. The predicted octanol–water partition coefficient (Wildman–Crippen LogP) is 13.3. The van der Waals surface area contributed by atoms with Crippen molar-refractivity contribution in [2.24, 2.45) is 0 Å². The number of nitrogens with zero attached hydrogens (tertiary/aromatic N) is 5. The highest BCUT2D eigenvalue weighted by molar-refractivity contribution is 6.19. The molecule has 0 aliphatic rings. The molecular formula is C53H33N5. The quantitative estimate of drug-likeness (QED) is 0.165. The van der Waals surface area contributed by atoms with Crippen LogP contribution in [-0.2, 0) is 0 Å². The first-order valence-corrected chi connectivity index (χ1v) is 19.6. The molecule has 0 spiro atoms. The molecule has 0 fully saturated rings. The van der Waals surface area contributed by atoms with Crippen LogP contribution in [-0.4, -0.2) is 23.9 Å². The average Bonchev–Trinajstić information content (AvgIpc) is 3.84.